The molecule has 1 saturated heterocycles. The van der Waals surface area contributed by atoms with Crippen LogP contribution in [0.3, 0.4) is 0 Å². The van der Waals surface area contributed by atoms with Gasteiger partial charge in [0.1, 0.15) is 10.4 Å². The van der Waals surface area contributed by atoms with Gasteiger partial charge in [0.05, 0.1) is 6.20 Å². The van der Waals surface area contributed by atoms with Crippen molar-refractivity contribution in [3.8, 4) is 0 Å². The maximum atomic E-state index is 4.45. The third-order valence-corrected chi connectivity index (χ3v) is 4.34. The van der Waals surface area contributed by atoms with Crippen molar-refractivity contribution in [3.63, 3.8) is 0 Å². The first-order valence-corrected chi connectivity index (χ1v) is 6.48. The number of rotatable bonds is 1. The molecule has 2 heterocycles. The Bertz CT molecular complexity index is 292. The highest BCUT2D eigenvalue weighted by molar-refractivity contribution is 9.10. The minimum atomic E-state index is 0.678. The number of aromatic nitrogens is 2. The Hall–Kier alpha value is 0.0400. The zero-order valence-corrected chi connectivity index (χ0v) is 10.1. The molecular weight excluding hydrogens is 248 g/mol. The smallest absolute Gasteiger partial charge is 0.112 e. The van der Waals surface area contributed by atoms with E-state index in [1.54, 1.807) is 0 Å². The van der Waals surface area contributed by atoms with Crippen molar-refractivity contribution in [2.45, 2.75) is 18.8 Å². The van der Waals surface area contributed by atoms with Crippen molar-refractivity contribution in [2.75, 3.05) is 11.5 Å². The molecule has 0 bridgehead atoms. The van der Waals surface area contributed by atoms with E-state index in [1.807, 2.05) is 6.20 Å². The molecule has 2 rings (SSSR count). The summed E-state index contributed by atoms with van der Waals surface area (Å²) in [6.45, 7) is 0. The van der Waals surface area contributed by atoms with E-state index >= 15 is 0 Å². The molecule has 2 nitrogen and oxygen atoms in total. The van der Waals surface area contributed by atoms with Gasteiger partial charge in [-0.3, -0.25) is 0 Å². The van der Waals surface area contributed by atoms with Gasteiger partial charge in [0.2, 0.25) is 0 Å². The third kappa shape index (κ3) is 1.94. The van der Waals surface area contributed by atoms with Gasteiger partial charge in [-0.2, -0.15) is 11.8 Å². The van der Waals surface area contributed by atoms with Gasteiger partial charge in [0, 0.05) is 13.0 Å². The van der Waals surface area contributed by atoms with Crippen molar-refractivity contribution < 1.29 is 0 Å². The largest absolute Gasteiger partial charge is 0.326 e. The number of halogens is 1. The molecule has 0 spiro atoms. The molecule has 0 aromatic carbocycles. The minimum absolute atomic E-state index is 0.678. The fraction of sp³-hybridized carbons (Fsp3) is 0.667. The first-order chi connectivity index (χ1) is 6.29. The Morgan fingerprint density at radius 2 is 2.23 bits per heavy atom. The Balaban J connectivity index is 2.18. The Labute approximate surface area is 91.2 Å². The van der Waals surface area contributed by atoms with Crippen molar-refractivity contribution in [1.29, 1.82) is 0 Å². The molecule has 0 saturated carbocycles. The summed E-state index contributed by atoms with van der Waals surface area (Å²) >= 11 is 5.54. The first kappa shape index (κ1) is 9.59. The maximum Gasteiger partial charge on any atom is 0.112 e. The van der Waals surface area contributed by atoms with Crippen molar-refractivity contribution >= 4 is 27.7 Å². The van der Waals surface area contributed by atoms with Gasteiger partial charge in [0.25, 0.3) is 0 Å². The molecule has 1 aromatic heterocycles. The summed E-state index contributed by atoms with van der Waals surface area (Å²) in [7, 11) is 2.08. The molecule has 72 valence electrons. The average molecular weight is 261 g/mol. The van der Waals surface area contributed by atoms with E-state index in [9.17, 15) is 0 Å². The SMILES string of the molecule is Cn1c(Br)cnc1C1CCSCC1. The van der Waals surface area contributed by atoms with E-state index in [1.165, 1.54) is 30.2 Å². The molecular formula is C9H13BrN2S. The molecule has 1 aliphatic heterocycles. The molecule has 1 aromatic rings. The van der Waals surface area contributed by atoms with Crippen LogP contribution in [0.4, 0.5) is 0 Å². The van der Waals surface area contributed by atoms with Crippen molar-refractivity contribution in [3.05, 3.63) is 16.6 Å². The highest BCUT2D eigenvalue weighted by Crippen LogP contribution is 2.31. The summed E-state index contributed by atoms with van der Waals surface area (Å²) in [4.78, 5) is 4.45. The van der Waals surface area contributed by atoms with Crippen molar-refractivity contribution in [2.24, 2.45) is 7.05 Å². The highest BCUT2D eigenvalue weighted by Gasteiger charge is 2.20. The first-order valence-electron chi connectivity index (χ1n) is 4.54. The second kappa shape index (κ2) is 4.05. The van der Waals surface area contributed by atoms with Crippen molar-refractivity contribution in [1.82, 2.24) is 9.55 Å². The number of hydrogen-bond donors (Lipinski definition) is 0. The summed E-state index contributed by atoms with van der Waals surface area (Å²) in [5.74, 6) is 4.49. The number of thioether (sulfide) groups is 1. The highest BCUT2D eigenvalue weighted by atomic mass is 79.9. The Kier molecular flexibility index (Phi) is 2.99. The lowest BCUT2D eigenvalue weighted by Gasteiger charge is -2.20. The topological polar surface area (TPSA) is 17.8 Å². The summed E-state index contributed by atoms with van der Waals surface area (Å²) < 4.78 is 3.24. The predicted octanol–water partition coefficient (Wildman–Crippen LogP) is 2.79. The zero-order chi connectivity index (χ0) is 9.26. The average Bonchev–Trinajstić information content (AvgIpc) is 2.49. The van der Waals surface area contributed by atoms with E-state index in [0.29, 0.717) is 5.92 Å². The minimum Gasteiger partial charge on any atom is -0.326 e. The van der Waals surface area contributed by atoms with Crippen LogP contribution in [0.1, 0.15) is 24.6 Å². The summed E-state index contributed by atoms with van der Waals surface area (Å²) in [5.41, 5.74) is 0. The summed E-state index contributed by atoms with van der Waals surface area (Å²) in [6.07, 6.45) is 4.46. The second-order valence-corrected chi connectivity index (χ2v) is 5.42. The van der Waals surface area contributed by atoms with Crippen LogP contribution in [0.15, 0.2) is 10.8 Å². The lowest BCUT2D eigenvalue weighted by molar-refractivity contribution is 0.573. The van der Waals surface area contributed by atoms with Crippen LogP contribution in [0.2, 0.25) is 0 Å². The second-order valence-electron chi connectivity index (χ2n) is 3.38. The Morgan fingerprint density at radius 3 is 2.77 bits per heavy atom. The number of nitrogens with zero attached hydrogens (tertiary/aromatic N) is 2. The van der Waals surface area contributed by atoms with E-state index in [0.717, 1.165) is 4.60 Å². The van der Waals surface area contributed by atoms with Crippen LogP contribution >= 0.6 is 27.7 Å². The molecule has 13 heavy (non-hydrogen) atoms. The van der Waals surface area contributed by atoms with E-state index in [4.69, 9.17) is 0 Å². The Morgan fingerprint density at radius 1 is 1.54 bits per heavy atom. The molecule has 0 unspecified atom stereocenters. The van der Waals surface area contributed by atoms with E-state index < -0.39 is 0 Å². The van der Waals surface area contributed by atoms with Gasteiger partial charge < -0.3 is 4.57 Å². The van der Waals surface area contributed by atoms with E-state index in [2.05, 4.69) is 44.3 Å². The molecule has 1 fully saturated rings. The molecule has 0 N–H and O–H groups in total. The molecule has 1 aliphatic rings. The van der Waals surface area contributed by atoms with Crippen LogP contribution in [0, 0.1) is 0 Å². The lowest BCUT2D eigenvalue weighted by Crippen LogP contribution is -2.12. The van der Waals surface area contributed by atoms with Gasteiger partial charge in [-0.05, 0) is 40.3 Å². The lowest BCUT2D eigenvalue weighted by atomic mass is 10.0. The molecule has 0 atom stereocenters. The molecule has 0 aliphatic carbocycles. The van der Waals surface area contributed by atoms with Gasteiger partial charge in [-0.15, -0.1) is 0 Å². The van der Waals surface area contributed by atoms with Crippen LogP contribution in [0.25, 0.3) is 0 Å². The monoisotopic (exact) mass is 260 g/mol. The summed E-state index contributed by atoms with van der Waals surface area (Å²) in [5, 5.41) is 0. The van der Waals surface area contributed by atoms with Crippen LogP contribution in [-0.4, -0.2) is 21.1 Å². The fourth-order valence-corrected chi connectivity index (χ4v) is 3.13. The van der Waals surface area contributed by atoms with Gasteiger partial charge >= 0.3 is 0 Å². The van der Waals surface area contributed by atoms with Crippen LogP contribution in [0.5, 0.6) is 0 Å². The van der Waals surface area contributed by atoms with Gasteiger partial charge in [-0.1, -0.05) is 0 Å². The van der Waals surface area contributed by atoms with Gasteiger partial charge in [-0.25, -0.2) is 4.98 Å². The molecule has 4 heteroatoms. The standard InChI is InChI=1S/C9H13BrN2S/c1-12-8(10)6-11-9(12)7-2-4-13-5-3-7/h6-7H,2-5H2,1H3. The predicted molar refractivity (Wildman–Crippen MR) is 60.2 cm³/mol. The molecule has 0 amide bonds. The maximum absolute atomic E-state index is 4.45. The number of imidazole rings is 1. The zero-order valence-electron chi connectivity index (χ0n) is 7.66. The molecule has 0 radical (unpaired) electrons. The number of hydrogen-bond acceptors (Lipinski definition) is 2. The van der Waals surface area contributed by atoms with Crippen LogP contribution in [-0.2, 0) is 7.05 Å². The normalized spacial score (nSPS) is 19.2. The fourth-order valence-electron chi connectivity index (χ4n) is 1.74. The van der Waals surface area contributed by atoms with E-state index in [-0.39, 0.29) is 0 Å². The third-order valence-electron chi connectivity index (χ3n) is 2.55. The van der Waals surface area contributed by atoms with Gasteiger partial charge in [0.15, 0.2) is 0 Å². The quantitative estimate of drug-likeness (QED) is 0.773. The summed E-state index contributed by atoms with van der Waals surface area (Å²) in [6, 6.07) is 0. The van der Waals surface area contributed by atoms with Crippen LogP contribution < -0.4 is 0 Å².